The van der Waals surface area contributed by atoms with Crippen LogP contribution in [-0.2, 0) is 15.5 Å². The molecule has 0 heterocycles. The Bertz CT molecular complexity index is 176. The van der Waals surface area contributed by atoms with Gasteiger partial charge in [-0.1, -0.05) is 26.7 Å². The normalized spacial score (nSPS) is 14.9. The summed E-state index contributed by atoms with van der Waals surface area (Å²) in [5, 5.41) is 3.37. The van der Waals surface area contributed by atoms with Crippen LogP contribution in [0.3, 0.4) is 0 Å². The number of rotatable bonds is 11. The van der Waals surface area contributed by atoms with Crippen LogP contribution in [0.1, 0.15) is 39.5 Å². The third-order valence-electron chi connectivity index (χ3n) is 2.41. The predicted molar refractivity (Wildman–Crippen MR) is 71.4 cm³/mol. The van der Waals surface area contributed by atoms with Gasteiger partial charge in [0.15, 0.2) is 0 Å². The highest BCUT2D eigenvalue weighted by molar-refractivity contribution is 7.85. The molecular weight excluding hydrogens is 222 g/mol. The van der Waals surface area contributed by atoms with Crippen molar-refractivity contribution in [3.63, 3.8) is 0 Å². The van der Waals surface area contributed by atoms with E-state index in [0.717, 1.165) is 30.9 Å². The lowest BCUT2D eigenvalue weighted by atomic mass is 10.3. The molecule has 0 amide bonds. The van der Waals surface area contributed by atoms with Crippen LogP contribution in [0.4, 0.5) is 0 Å². The van der Waals surface area contributed by atoms with E-state index in [1.807, 2.05) is 0 Å². The molecule has 0 aliphatic rings. The van der Waals surface area contributed by atoms with Crippen molar-refractivity contribution in [1.29, 1.82) is 0 Å². The standard InChI is InChI=1S/C12H27NO2S/c1-4-6-7-9-16(14)11-12(10-15-3)13-8-5-2/h12-13H,4-11H2,1-3H3. The van der Waals surface area contributed by atoms with Gasteiger partial charge < -0.3 is 10.1 Å². The maximum absolute atomic E-state index is 11.8. The van der Waals surface area contributed by atoms with Crippen LogP contribution < -0.4 is 5.32 Å². The summed E-state index contributed by atoms with van der Waals surface area (Å²) in [5.74, 6) is 1.55. The fourth-order valence-electron chi connectivity index (χ4n) is 1.54. The molecule has 4 heteroatoms. The van der Waals surface area contributed by atoms with Gasteiger partial charge in [-0.05, 0) is 19.4 Å². The van der Waals surface area contributed by atoms with E-state index in [2.05, 4.69) is 19.2 Å². The lowest BCUT2D eigenvalue weighted by molar-refractivity contribution is 0.173. The van der Waals surface area contributed by atoms with Gasteiger partial charge in [0.25, 0.3) is 0 Å². The van der Waals surface area contributed by atoms with Crippen LogP contribution in [0, 0.1) is 0 Å². The number of nitrogens with one attached hydrogen (secondary N) is 1. The van der Waals surface area contributed by atoms with Gasteiger partial charge in [-0.3, -0.25) is 4.21 Å². The number of unbranched alkanes of at least 4 members (excludes halogenated alkanes) is 2. The molecule has 0 saturated carbocycles. The first-order chi connectivity index (χ1) is 7.74. The van der Waals surface area contributed by atoms with Gasteiger partial charge >= 0.3 is 0 Å². The van der Waals surface area contributed by atoms with Gasteiger partial charge in [0.1, 0.15) is 0 Å². The number of methoxy groups -OCH3 is 1. The number of hydrogen-bond donors (Lipinski definition) is 1. The third kappa shape index (κ3) is 9.31. The zero-order valence-electron chi connectivity index (χ0n) is 11.0. The minimum absolute atomic E-state index is 0.243. The average molecular weight is 249 g/mol. The highest BCUT2D eigenvalue weighted by Crippen LogP contribution is 1.99. The van der Waals surface area contributed by atoms with Gasteiger partial charge in [-0.2, -0.15) is 0 Å². The molecule has 1 N–H and O–H groups in total. The molecule has 0 bridgehead atoms. The van der Waals surface area contributed by atoms with Gasteiger partial charge in [0.2, 0.25) is 0 Å². The molecule has 0 aliphatic carbocycles. The molecule has 0 radical (unpaired) electrons. The molecule has 98 valence electrons. The molecular formula is C12H27NO2S. The van der Waals surface area contributed by atoms with E-state index < -0.39 is 10.8 Å². The fourth-order valence-corrected chi connectivity index (χ4v) is 2.89. The second-order valence-electron chi connectivity index (χ2n) is 4.12. The summed E-state index contributed by atoms with van der Waals surface area (Å²) in [6.45, 7) is 5.92. The van der Waals surface area contributed by atoms with Crippen molar-refractivity contribution in [2.75, 3.05) is 31.8 Å². The van der Waals surface area contributed by atoms with Crippen LogP contribution in [0.5, 0.6) is 0 Å². The lowest BCUT2D eigenvalue weighted by Gasteiger charge is -2.17. The molecule has 0 aromatic heterocycles. The minimum atomic E-state index is -0.699. The fraction of sp³-hybridized carbons (Fsp3) is 1.00. The molecule has 0 saturated heterocycles. The minimum Gasteiger partial charge on any atom is -0.383 e. The molecule has 2 atom stereocenters. The van der Waals surface area contributed by atoms with Crippen LogP contribution >= 0.6 is 0 Å². The van der Waals surface area contributed by atoms with Gasteiger partial charge in [-0.15, -0.1) is 0 Å². The molecule has 0 spiro atoms. The molecule has 0 aromatic carbocycles. The molecule has 0 aliphatic heterocycles. The van der Waals surface area contributed by atoms with Crippen molar-refractivity contribution >= 4 is 10.8 Å². The monoisotopic (exact) mass is 249 g/mol. The smallest absolute Gasteiger partial charge is 0.0624 e. The van der Waals surface area contributed by atoms with Crippen LogP contribution in [0.25, 0.3) is 0 Å². The number of ether oxygens (including phenoxy) is 1. The Morgan fingerprint density at radius 2 is 2.00 bits per heavy atom. The van der Waals surface area contributed by atoms with Gasteiger partial charge in [0, 0.05) is 35.5 Å². The zero-order valence-corrected chi connectivity index (χ0v) is 11.8. The molecule has 0 rings (SSSR count). The highest BCUT2D eigenvalue weighted by atomic mass is 32.2. The average Bonchev–Trinajstić information content (AvgIpc) is 2.26. The second kappa shape index (κ2) is 11.6. The summed E-state index contributed by atoms with van der Waals surface area (Å²) in [6.07, 6.45) is 4.55. The largest absolute Gasteiger partial charge is 0.383 e. The van der Waals surface area contributed by atoms with Crippen molar-refractivity contribution in [3.8, 4) is 0 Å². The van der Waals surface area contributed by atoms with Gasteiger partial charge in [0.05, 0.1) is 6.61 Å². The molecule has 0 aromatic rings. The van der Waals surface area contributed by atoms with Gasteiger partial charge in [-0.25, -0.2) is 0 Å². The Labute approximate surface area is 103 Å². The molecule has 16 heavy (non-hydrogen) atoms. The Morgan fingerprint density at radius 3 is 2.56 bits per heavy atom. The maximum atomic E-state index is 11.8. The quantitative estimate of drug-likeness (QED) is 0.569. The summed E-state index contributed by atoms with van der Waals surface area (Å²) in [7, 11) is 0.996. The van der Waals surface area contributed by atoms with Crippen molar-refractivity contribution in [2.24, 2.45) is 0 Å². The second-order valence-corrected chi connectivity index (χ2v) is 5.75. The zero-order chi connectivity index (χ0) is 12.2. The Hall–Kier alpha value is 0.0700. The maximum Gasteiger partial charge on any atom is 0.0624 e. The van der Waals surface area contributed by atoms with E-state index in [4.69, 9.17) is 4.74 Å². The summed E-state index contributed by atoms with van der Waals surface area (Å²) in [4.78, 5) is 0. The SMILES string of the molecule is CCCCCS(=O)CC(COC)NCCC. The third-order valence-corrected chi connectivity index (χ3v) is 3.93. The Balaban J connectivity index is 3.73. The van der Waals surface area contributed by atoms with Crippen molar-refractivity contribution in [3.05, 3.63) is 0 Å². The van der Waals surface area contributed by atoms with Crippen molar-refractivity contribution < 1.29 is 8.95 Å². The van der Waals surface area contributed by atoms with Crippen molar-refractivity contribution in [2.45, 2.75) is 45.6 Å². The van der Waals surface area contributed by atoms with E-state index in [1.54, 1.807) is 7.11 Å². The summed E-state index contributed by atoms with van der Waals surface area (Å²) < 4.78 is 16.9. The molecule has 3 nitrogen and oxygen atoms in total. The first-order valence-corrected chi connectivity index (χ1v) is 7.80. The topological polar surface area (TPSA) is 38.3 Å². The van der Waals surface area contributed by atoms with E-state index in [-0.39, 0.29) is 6.04 Å². The summed E-state index contributed by atoms with van der Waals surface area (Å²) in [5.41, 5.74) is 0. The molecule has 0 fully saturated rings. The van der Waals surface area contributed by atoms with E-state index in [1.165, 1.54) is 12.8 Å². The summed E-state index contributed by atoms with van der Waals surface area (Å²) in [6, 6.07) is 0.243. The Morgan fingerprint density at radius 1 is 1.25 bits per heavy atom. The molecule has 2 unspecified atom stereocenters. The van der Waals surface area contributed by atoms with E-state index in [9.17, 15) is 4.21 Å². The highest BCUT2D eigenvalue weighted by Gasteiger charge is 2.11. The lowest BCUT2D eigenvalue weighted by Crippen LogP contribution is -2.38. The first kappa shape index (κ1) is 16.1. The van der Waals surface area contributed by atoms with Crippen molar-refractivity contribution in [1.82, 2.24) is 5.32 Å². The van der Waals surface area contributed by atoms with Crippen LogP contribution in [0.2, 0.25) is 0 Å². The van der Waals surface area contributed by atoms with E-state index in [0.29, 0.717) is 6.61 Å². The van der Waals surface area contributed by atoms with Crippen LogP contribution in [0.15, 0.2) is 0 Å². The van der Waals surface area contributed by atoms with Crippen LogP contribution in [-0.4, -0.2) is 42.0 Å². The Kier molecular flexibility index (Phi) is 11.6. The predicted octanol–water partition coefficient (Wildman–Crippen LogP) is 1.94. The first-order valence-electron chi connectivity index (χ1n) is 6.31. The summed E-state index contributed by atoms with van der Waals surface area (Å²) >= 11 is 0. The number of hydrogen-bond acceptors (Lipinski definition) is 3. The van der Waals surface area contributed by atoms with E-state index >= 15 is 0 Å².